The molecule has 0 aliphatic carbocycles. The summed E-state index contributed by atoms with van der Waals surface area (Å²) in [5.41, 5.74) is 1.02. The highest BCUT2D eigenvalue weighted by atomic mass is 16.8. The van der Waals surface area contributed by atoms with Crippen molar-refractivity contribution in [2.75, 3.05) is 6.61 Å². The zero-order valence-electron chi connectivity index (χ0n) is 12.7. The first-order valence-electron chi connectivity index (χ1n) is 7.46. The van der Waals surface area contributed by atoms with Gasteiger partial charge < -0.3 is 29.2 Å². The molecule has 1 unspecified atom stereocenters. The van der Waals surface area contributed by atoms with Crippen LogP contribution in [0.25, 0.3) is 0 Å². The Kier molecular flexibility index (Phi) is 4.49. The van der Waals surface area contributed by atoms with Crippen molar-refractivity contribution in [3.8, 4) is 0 Å². The van der Waals surface area contributed by atoms with E-state index in [0.29, 0.717) is 6.61 Å². The van der Waals surface area contributed by atoms with Crippen LogP contribution in [0.5, 0.6) is 0 Å². The fourth-order valence-corrected chi connectivity index (χ4v) is 2.87. The molecule has 2 aliphatic rings. The molecule has 1 aromatic carbocycles. The van der Waals surface area contributed by atoms with E-state index in [9.17, 15) is 10.2 Å². The molecule has 2 N–H and O–H groups in total. The van der Waals surface area contributed by atoms with Crippen molar-refractivity contribution in [2.24, 2.45) is 0 Å². The second kappa shape index (κ2) is 6.23. The van der Waals surface area contributed by atoms with Crippen LogP contribution in [-0.4, -0.2) is 53.3 Å². The number of hydrogen-bond donors (Lipinski definition) is 2. The number of ether oxygens (including phenoxy) is 4. The second-order valence-corrected chi connectivity index (χ2v) is 6.08. The van der Waals surface area contributed by atoms with Gasteiger partial charge in [0.1, 0.15) is 24.4 Å². The topological polar surface area (TPSA) is 77.4 Å². The Morgan fingerprint density at radius 1 is 1.23 bits per heavy atom. The van der Waals surface area contributed by atoms with Gasteiger partial charge in [-0.25, -0.2) is 0 Å². The van der Waals surface area contributed by atoms with Crippen molar-refractivity contribution in [2.45, 2.75) is 56.9 Å². The van der Waals surface area contributed by atoms with E-state index in [1.54, 1.807) is 13.8 Å². The molecular formula is C16H22O6. The van der Waals surface area contributed by atoms with Gasteiger partial charge in [-0.1, -0.05) is 30.3 Å². The zero-order valence-corrected chi connectivity index (χ0v) is 12.7. The van der Waals surface area contributed by atoms with Crippen LogP contribution in [0.4, 0.5) is 0 Å². The number of fused-ring (bicyclic) bond motifs is 1. The largest absolute Gasteiger partial charge is 0.394 e. The van der Waals surface area contributed by atoms with Gasteiger partial charge in [0.05, 0.1) is 13.2 Å². The standard InChI is InChI=1S/C16H22O6/c1-16(2)21-14-13(19-9-10-6-4-3-5-7-10)12(11(18)8-17)20-15(14)22-16/h3-7,11-15,17-18H,8-9H2,1-2H3/t11?,12-,13-,14-,15-/m1/s1. The fourth-order valence-electron chi connectivity index (χ4n) is 2.87. The summed E-state index contributed by atoms with van der Waals surface area (Å²) in [6, 6.07) is 9.73. The third-order valence-electron chi connectivity index (χ3n) is 3.88. The normalized spacial score (nSPS) is 34.5. The van der Waals surface area contributed by atoms with E-state index in [4.69, 9.17) is 18.9 Å². The summed E-state index contributed by atoms with van der Waals surface area (Å²) in [7, 11) is 0. The van der Waals surface area contributed by atoms with Crippen LogP contribution in [-0.2, 0) is 25.6 Å². The van der Waals surface area contributed by atoms with E-state index in [-0.39, 0.29) is 0 Å². The van der Waals surface area contributed by atoms with Gasteiger partial charge in [0, 0.05) is 0 Å². The summed E-state index contributed by atoms with van der Waals surface area (Å²) in [5.74, 6) is -0.751. The van der Waals surface area contributed by atoms with Gasteiger partial charge in [0.15, 0.2) is 12.1 Å². The van der Waals surface area contributed by atoms with Crippen LogP contribution < -0.4 is 0 Å². The Labute approximate surface area is 129 Å². The summed E-state index contributed by atoms with van der Waals surface area (Å²) in [6.45, 7) is 3.58. The molecule has 0 aromatic heterocycles. The van der Waals surface area contributed by atoms with Crippen molar-refractivity contribution >= 4 is 0 Å². The minimum Gasteiger partial charge on any atom is -0.394 e. The summed E-state index contributed by atoms with van der Waals surface area (Å²) in [4.78, 5) is 0. The third kappa shape index (κ3) is 3.17. The molecule has 0 radical (unpaired) electrons. The van der Waals surface area contributed by atoms with Gasteiger partial charge >= 0.3 is 0 Å². The molecule has 0 saturated carbocycles. The Morgan fingerprint density at radius 3 is 2.64 bits per heavy atom. The van der Waals surface area contributed by atoms with Gasteiger partial charge in [-0.2, -0.15) is 0 Å². The number of hydrogen-bond acceptors (Lipinski definition) is 6. The first kappa shape index (κ1) is 15.9. The highest BCUT2D eigenvalue weighted by Crippen LogP contribution is 2.39. The molecule has 22 heavy (non-hydrogen) atoms. The Morgan fingerprint density at radius 2 is 1.95 bits per heavy atom. The molecule has 2 heterocycles. The summed E-state index contributed by atoms with van der Waals surface area (Å²) < 4.78 is 23.1. The Bertz CT molecular complexity index is 491. The maximum Gasteiger partial charge on any atom is 0.190 e. The van der Waals surface area contributed by atoms with Crippen molar-refractivity contribution in [1.82, 2.24) is 0 Å². The molecule has 0 bridgehead atoms. The van der Waals surface area contributed by atoms with Crippen LogP contribution in [0.3, 0.4) is 0 Å². The molecule has 122 valence electrons. The van der Waals surface area contributed by atoms with Crippen molar-refractivity contribution in [3.63, 3.8) is 0 Å². The molecule has 2 aliphatic heterocycles. The quantitative estimate of drug-likeness (QED) is 0.838. The van der Waals surface area contributed by atoms with Gasteiger partial charge in [0.2, 0.25) is 0 Å². The third-order valence-corrected chi connectivity index (χ3v) is 3.88. The molecule has 2 saturated heterocycles. The molecule has 6 heteroatoms. The number of rotatable bonds is 5. The molecule has 1 aromatic rings. The highest BCUT2D eigenvalue weighted by molar-refractivity contribution is 5.13. The van der Waals surface area contributed by atoms with Gasteiger partial charge in [-0.15, -0.1) is 0 Å². The van der Waals surface area contributed by atoms with Crippen LogP contribution in [0, 0.1) is 0 Å². The minimum atomic E-state index is -1.04. The zero-order chi connectivity index (χ0) is 15.7. The predicted molar refractivity (Wildman–Crippen MR) is 76.8 cm³/mol. The molecule has 0 spiro atoms. The summed E-state index contributed by atoms with van der Waals surface area (Å²) in [6.07, 6.45) is -3.25. The van der Waals surface area contributed by atoms with E-state index < -0.39 is 43.1 Å². The molecule has 5 atom stereocenters. The first-order chi connectivity index (χ1) is 10.5. The van der Waals surface area contributed by atoms with Crippen molar-refractivity contribution in [3.05, 3.63) is 35.9 Å². The molecule has 3 rings (SSSR count). The van der Waals surface area contributed by atoms with E-state index in [1.807, 2.05) is 30.3 Å². The van der Waals surface area contributed by atoms with E-state index in [2.05, 4.69) is 0 Å². The Balaban J connectivity index is 1.71. The molecule has 2 fully saturated rings. The summed E-state index contributed by atoms with van der Waals surface area (Å²) in [5, 5.41) is 19.1. The average Bonchev–Trinajstić information content (AvgIpc) is 2.97. The van der Waals surface area contributed by atoms with Crippen LogP contribution in [0.2, 0.25) is 0 Å². The second-order valence-electron chi connectivity index (χ2n) is 6.08. The molecular weight excluding hydrogens is 288 g/mol. The SMILES string of the molecule is CC1(C)O[C@H]2O[C@H](C(O)CO)[C@@H](OCc3ccccc3)[C@H]2O1. The monoisotopic (exact) mass is 310 g/mol. The van der Waals surface area contributed by atoms with Crippen LogP contribution in [0.15, 0.2) is 30.3 Å². The van der Waals surface area contributed by atoms with Crippen LogP contribution >= 0.6 is 0 Å². The number of aliphatic hydroxyl groups is 2. The maximum absolute atomic E-state index is 9.94. The lowest BCUT2D eigenvalue weighted by Gasteiger charge is -2.28. The lowest BCUT2D eigenvalue weighted by Crippen LogP contribution is -2.44. The van der Waals surface area contributed by atoms with E-state index in [0.717, 1.165) is 5.56 Å². The highest BCUT2D eigenvalue weighted by Gasteiger charge is 2.56. The molecule has 0 amide bonds. The van der Waals surface area contributed by atoms with E-state index >= 15 is 0 Å². The Hall–Kier alpha value is -1.02. The van der Waals surface area contributed by atoms with E-state index in [1.165, 1.54) is 0 Å². The first-order valence-corrected chi connectivity index (χ1v) is 7.46. The maximum atomic E-state index is 9.94. The molecule has 6 nitrogen and oxygen atoms in total. The lowest BCUT2D eigenvalue weighted by atomic mass is 10.1. The van der Waals surface area contributed by atoms with Crippen molar-refractivity contribution in [1.29, 1.82) is 0 Å². The summed E-state index contributed by atoms with van der Waals surface area (Å²) >= 11 is 0. The van der Waals surface area contributed by atoms with Gasteiger partial charge in [-0.3, -0.25) is 0 Å². The average molecular weight is 310 g/mol. The minimum absolute atomic E-state index is 0.372. The number of benzene rings is 1. The van der Waals surface area contributed by atoms with Crippen molar-refractivity contribution < 1.29 is 29.2 Å². The van der Waals surface area contributed by atoms with Gasteiger partial charge in [0.25, 0.3) is 0 Å². The van der Waals surface area contributed by atoms with Gasteiger partial charge in [-0.05, 0) is 19.4 Å². The van der Waals surface area contributed by atoms with Crippen LogP contribution in [0.1, 0.15) is 19.4 Å². The number of aliphatic hydroxyl groups excluding tert-OH is 2. The smallest absolute Gasteiger partial charge is 0.190 e. The predicted octanol–water partition coefficient (Wildman–Crippen LogP) is 0.801. The lowest BCUT2D eigenvalue weighted by molar-refractivity contribution is -0.232. The fraction of sp³-hybridized carbons (Fsp3) is 0.625.